The molecule has 15 heavy (non-hydrogen) atoms. The number of benzene rings is 1. The minimum Gasteiger partial charge on any atom is -0.367 e. The number of aryl methyl sites for hydroxylation is 1. The van der Waals surface area contributed by atoms with Crippen LogP contribution in [-0.2, 0) is 4.74 Å². The molecule has 84 valence electrons. The second kappa shape index (κ2) is 4.77. The van der Waals surface area contributed by atoms with Crippen LogP contribution in [0.25, 0.3) is 0 Å². The molecule has 0 aromatic heterocycles. The number of ether oxygens (including phenoxy) is 1. The summed E-state index contributed by atoms with van der Waals surface area (Å²) in [7, 11) is 0. The molecule has 1 aromatic carbocycles. The molecule has 2 N–H and O–H groups in total. The minimum absolute atomic E-state index is 0.00870. The largest absolute Gasteiger partial charge is 0.367 e. The van der Waals surface area contributed by atoms with Crippen LogP contribution in [0.2, 0.25) is 0 Å². The van der Waals surface area contributed by atoms with Crippen molar-refractivity contribution in [3.05, 3.63) is 35.4 Å². The molecule has 0 aliphatic heterocycles. The SMILES string of the molecule is Cc1ccc(C(CN)OC(C)(C)C)cc1. The summed E-state index contributed by atoms with van der Waals surface area (Å²) >= 11 is 0. The highest BCUT2D eigenvalue weighted by Crippen LogP contribution is 2.23. The minimum atomic E-state index is -0.158. The molecule has 1 atom stereocenters. The van der Waals surface area contributed by atoms with Crippen LogP contribution in [-0.4, -0.2) is 12.1 Å². The zero-order valence-electron chi connectivity index (χ0n) is 10.1. The monoisotopic (exact) mass is 207 g/mol. The summed E-state index contributed by atoms with van der Waals surface area (Å²) < 4.78 is 5.89. The van der Waals surface area contributed by atoms with Gasteiger partial charge in [0, 0.05) is 6.54 Å². The summed E-state index contributed by atoms with van der Waals surface area (Å²) in [6.07, 6.45) is -0.00870. The highest BCUT2D eigenvalue weighted by Gasteiger charge is 2.18. The van der Waals surface area contributed by atoms with Crippen molar-refractivity contribution in [2.24, 2.45) is 5.73 Å². The molecule has 0 aliphatic rings. The van der Waals surface area contributed by atoms with Gasteiger partial charge in [-0.25, -0.2) is 0 Å². The van der Waals surface area contributed by atoms with Crippen molar-refractivity contribution in [1.82, 2.24) is 0 Å². The van der Waals surface area contributed by atoms with E-state index in [1.165, 1.54) is 5.56 Å². The molecule has 0 fully saturated rings. The lowest BCUT2D eigenvalue weighted by molar-refractivity contribution is -0.0572. The lowest BCUT2D eigenvalue weighted by Crippen LogP contribution is -2.27. The fourth-order valence-electron chi connectivity index (χ4n) is 1.46. The zero-order valence-corrected chi connectivity index (χ0v) is 10.1. The molecule has 2 heteroatoms. The van der Waals surface area contributed by atoms with Crippen molar-refractivity contribution in [2.75, 3.05) is 6.54 Å². The van der Waals surface area contributed by atoms with Gasteiger partial charge in [0.1, 0.15) is 0 Å². The maximum atomic E-state index is 5.89. The van der Waals surface area contributed by atoms with Gasteiger partial charge in [-0.05, 0) is 33.3 Å². The summed E-state index contributed by atoms with van der Waals surface area (Å²) in [5, 5.41) is 0. The molecule has 0 bridgehead atoms. The van der Waals surface area contributed by atoms with Crippen LogP contribution in [0.15, 0.2) is 24.3 Å². The van der Waals surface area contributed by atoms with E-state index >= 15 is 0 Å². The van der Waals surface area contributed by atoms with E-state index in [0.29, 0.717) is 6.54 Å². The molecule has 1 aromatic rings. The predicted octanol–water partition coefficient (Wildman–Crippen LogP) is 2.81. The molecule has 0 saturated heterocycles. The van der Waals surface area contributed by atoms with E-state index in [2.05, 4.69) is 31.2 Å². The fraction of sp³-hybridized carbons (Fsp3) is 0.538. The molecule has 0 radical (unpaired) electrons. The van der Waals surface area contributed by atoms with Crippen LogP contribution in [0, 0.1) is 6.92 Å². The molecule has 2 nitrogen and oxygen atoms in total. The van der Waals surface area contributed by atoms with Gasteiger partial charge in [-0.15, -0.1) is 0 Å². The third-order valence-electron chi connectivity index (χ3n) is 2.16. The van der Waals surface area contributed by atoms with Gasteiger partial charge in [0.05, 0.1) is 11.7 Å². The molecule has 0 amide bonds. The Labute approximate surface area is 92.4 Å². The molecular weight excluding hydrogens is 186 g/mol. The van der Waals surface area contributed by atoms with E-state index in [9.17, 15) is 0 Å². The van der Waals surface area contributed by atoms with Crippen molar-refractivity contribution in [2.45, 2.75) is 39.4 Å². The maximum Gasteiger partial charge on any atom is 0.0954 e. The Morgan fingerprint density at radius 1 is 1.20 bits per heavy atom. The van der Waals surface area contributed by atoms with Crippen molar-refractivity contribution in [1.29, 1.82) is 0 Å². The van der Waals surface area contributed by atoms with Crippen molar-refractivity contribution in [3.8, 4) is 0 Å². The Bertz CT molecular complexity index is 297. The van der Waals surface area contributed by atoms with Crippen LogP contribution < -0.4 is 5.73 Å². The van der Waals surface area contributed by atoms with Gasteiger partial charge >= 0.3 is 0 Å². The highest BCUT2D eigenvalue weighted by atomic mass is 16.5. The Balaban J connectivity index is 2.79. The van der Waals surface area contributed by atoms with Crippen molar-refractivity contribution < 1.29 is 4.74 Å². The Morgan fingerprint density at radius 2 is 1.73 bits per heavy atom. The summed E-state index contributed by atoms with van der Waals surface area (Å²) in [6, 6.07) is 8.34. The van der Waals surface area contributed by atoms with Crippen LogP contribution in [0.3, 0.4) is 0 Å². The van der Waals surface area contributed by atoms with Gasteiger partial charge in [0.15, 0.2) is 0 Å². The number of hydrogen-bond donors (Lipinski definition) is 1. The van der Waals surface area contributed by atoms with E-state index in [4.69, 9.17) is 10.5 Å². The highest BCUT2D eigenvalue weighted by molar-refractivity contribution is 5.23. The van der Waals surface area contributed by atoms with E-state index in [1.807, 2.05) is 20.8 Å². The fourth-order valence-corrected chi connectivity index (χ4v) is 1.46. The smallest absolute Gasteiger partial charge is 0.0954 e. The summed E-state index contributed by atoms with van der Waals surface area (Å²) in [5.74, 6) is 0. The van der Waals surface area contributed by atoms with E-state index in [-0.39, 0.29) is 11.7 Å². The molecule has 0 heterocycles. The van der Waals surface area contributed by atoms with Gasteiger partial charge in [-0.3, -0.25) is 0 Å². The van der Waals surface area contributed by atoms with Gasteiger partial charge in [-0.2, -0.15) is 0 Å². The average molecular weight is 207 g/mol. The molecule has 1 unspecified atom stereocenters. The second-order valence-corrected chi connectivity index (χ2v) is 4.87. The van der Waals surface area contributed by atoms with Gasteiger partial charge in [0.25, 0.3) is 0 Å². The van der Waals surface area contributed by atoms with Crippen LogP contribution >= 0.6 is 0 Å². The third-order valence-corrected chi connectivity index (χ3v) is 2.16. The van der Waals surface area contributed by atoms with E-state index < -0.39 is 0 Å². The summed E-state index contributed by atoms with van der Waals surface area (Å²) in [6.45, 7) is 8.73. The first-order chi connectivity index (χ1) is 6.92. The first kappa shape index (κ1) is 12.2. The van der Waals surface area contributed by atoms with E-state index in [1.54, 1.807) is 0 Å². The van der Waals surface area contributed by atoms with Crippen LogP contribution in [0.1, 0.15) is 38.0 Å². The standard InChI is InChI=1S/C13H21NO/c1-10-5-7-11(8-6-10)12(9-14)15-13(2,3)4/h5-8,12H,9,14H2,1-4H3. The van der Waals surface area contributed by atoms with Crippen molar-refractivity contribution >= 4 is 0 Å². The normalized spacial score (nSPS) is 13.9. The maximum absolute atomic E-state index is 5.89. The second-order valence-electron chi connectivity index (χ2n) is 4.87. The lowest BCUT2D eigenvalue weighted by atomic mass is 10.1. The molecule has 1 rings (SSSR count). The first-order valence-electron chi connectivity index (χ1n) is 5.37. The molecular formula is C13H21NO. The Hall–Kier alpha value is -0.860. The third kappa shape index (κ3) is 4.02. The molecule has 0 spiro atoms. The lowest BCUT2D eigenvalue weighted by Gasteiger charge is -2.27. The topological polar surface area (TPSA) is 35.2 Å². The number of hydrogen-bond acceptors (Lipinski definition) is 2. The molecule has 0 aliphatic carbocycles. The van der Waals surface area contributed by atoms with Gasteiger partial charge < -0.3 is 10.5 Å². The summed E-state index contributed by atoms with van der Waals surface area (Å²) in [4.78, 5) is 0. The van der Waals surface area contributed by atoms with E-state index in [0.717, 1.165) is 5.56 Å². The predicted molar refractivity (Wildman–Crippen MR) is 63.8 cm³/mol. The zero-order chi connectivity index (χ0) is 11.5. The average Bonchev–Trinajstić information content (AvgIpc) is 2.14. The summed E-state index contributed by atoms with van der Waals surface area (Å²) in [5.41, 5.74) is 7.97. The van der Waals surface area contributed by atoms with Gasteiger partial charge in [-0.1, -0.05) is 29.8 Å². The van der Waals surface area contributed by atoms with Gasteiger partial charge in [0.2, 0.25) is 0 Å². The van der Waals surface area contributed by atoms with Crippen LogP contribution in [0.4, 0.5) is 0 Å². The first-order valence-corrected chi connectivity index (χ1v) is 5.37. The number of rotatable bonds is 3. The Morgan fingerprint density at radius 3 is 2.13 bits per heavy atom. The molecule has 0 saturated carbocycles. The van der Waals surface area contributed by atoms with Crippen LogP contribution in [0.5, 0.6) is 0 Å². The Kier molecular flexibility index (Phi) is 3.89. The van der Waals surface area contributed by atoms with Crippen molar-refractivity contribution in [3.63, 3.8) is 0 Å². The quantitative estimate of drug-likeness (QED) is 0.827. The number of nitrogens with two attached hydrogens (primary N) is 1.